The van der Waals surface area contributed by atoms with E-state index in [4.69, 9.17) is 15.2 Å². The van der Waals surface area contributed by atoms with Gasteiger partial charge in [-0.05, 0) is 18.2 Å². The zero-order valence-electron chi connectivity index (χ0n) is 8.67. The second kappa shape index (κ2) is 5.15. The molecule has 2 N–H and O–H groups in total. The van der Waals surface area contributed by atoms with Gasteiger partial charge in [-0.2, -0.15) is 0 Å². The average molecular weight is 246 g/mol. The zero-order chi connectivity index (χ0) is 12.2. The van der Waals surface area contributed by atoms with Crippen molar-refractivity contribution in [1.82, 2.24) is 0 Å². The molecule has 0 aliphatic heterocycles. The van der Waals surface area contributed by atoms with Crippen LogP contribution in [0.1, 0.15) is 0 Å². The first-order valence-corrected chi connectivity index (χ1v) is 5.83. The molecule has 0 atom stereocenters. The fourth-order valence-corrected chi connectivity index (χ4v) is 1.73. The number of nitrogens with two attached hydrogens (primary N) is 1. The van der Waals surface area contributed by atoms with E-state index < -0.39 is 15.0 Å². The summed E-state index contributed by atoms with van der Waals surface area (Å²) in [6, 6.07) is 3.87. The third-order valence-electron chi connectivity index (χ3n) is 1.78. The smallest absolute Gasteiger partial charge is 0.137 e. The lowest BCUT2D eigenvalue weighted by molar-refractivity contribution is 0.144. The number of rotatable bonds is 5. The average Bonchev–Trinajstić information content (AvgIpc) is 2.19. The summed E-state index contributed by atoms with van der Waals surface area (Å²) in [5.41, 5.74) is 5.58. The number of hydrogen-bond donors (Lipinski definition) is 1. The normalized spacial score (nSPS) is 11.4. The number of nitrogen functional groups attached to an aromatic ring is 1. The molecule has 0 radical (unpaired) electrons. The molecule has 1 rings (SSSR count). The first-order chi connectivity index (χ1) is 7.45. The van der Waals surface area contributed by atoms with Crippen molar-refractivity contribution >= 4 is 15.8 Å². The van der Waals surface area contributed by atoms with Crippen molar-refractivity contribution in [1.29, 1.82) is 0 Å². The Morgan fingerprint density at radius 1 is 1.38 bits per heavy atom. The van der Waals surface area contributed by atoms with Gasteiger partial charge < -0.3 is 19.8 Å². The second-order valence-electron chi connectivity index (χ2n) is 3.00. The summed E-state index contributed by atoms with van der Waals surface area (Å²) in [4.78, 5) is -0.455. The Labute approximate surface area is 93.7 Å². The van der Waals surface area contributed by atoms with Crippen LogP contribution in [0.2, 0.25) is 0 Å². The molecular formula is C9H12NO5S-. The monoisotopic (exact) mass is 246 g/mol. The zero-order valence-corrected chi connectivity index (χ0v) is 9.49. The van der Waals surface area contributed by atoms with Crippen molar-refractivity contribution in [2.45, 2.75) is 4.90 Å². The molecule has 0 aliphatic carbocycles. The van der Waals surface area contributed by atoms with Gasteiger partial charge in [0.2, 0.25) is 0 Å². The lowest BCUT2D eigenvalue weighted by Gasteiger charge is -2.14. The predicted molar refractivity (Wildman–Crippen MR) is 56.2 cm³/mol. The molecule has 0 aliphatic rings. The Kier molecular flexibility index (Phi) is 4.11. The Bertz CT molecular complexity index is 457. The van der Waals surface area contributed by atoms with E-state index in [1.807, 2.05) is 0 Å². The van der Waals surface area contributed by atoms with Crippen LogP contribution in [0.4, 0.5) is 5.69 Å². The highest BCUT2D eigenvalue weighted by molar-refractivity contribution is 7.85. The van der Waals surface area contributed by atoms with E-state index in [2.05, 4.69) is 0 Å². The summed E-state index contributed by atoms with van der Waals surface area (Å²) in [6.45, 7) is 0.450. The minimum Gasteiger partial charge on any atom is -0.744 e. The molecular weight excluding hydrogens is 234 g/mol. The predicted octanol–water partition coefficient (Wildman–Crippen LogP) is 0.198. The van der Waals surface area contributed by atoms with Gasteiger partial charge in [0.25, 0.3) is 0 Å². The summed E-state index contributed by atoms with van der Waals surface area (Å²) in [7, 11) is -3.11. The molecule has 0 unspecified atom stereocenters. The van der Waals surface area contributed by atoms with Crippen LogP contribution in [0.25, 0.3) is 0 Å². The van der Waals surface area contributed by atoms with Gasteiger partial charge in [0, 0.05) is 12.8 Å². The van der Waals surface area contributed by atoms with Crippen LogP contribution < -0.4 is 10.5 Å². The summed E-state index contributed by atoms with van der Waals surface area (Å²) >= 11 is 0. The molecule has 0 aromatic heterocycles. The molecule has 0 spiro atoms. The van der Waals surface area contributed by atoms with Gasteiger partial charge in [-0.3, -0.25) is 0 Å². The lowest BCUT2D eigenvalue weighted by atomic mass is 10.3. The van der Waals surface area contributed by atoms with Gasteiger partial charge in [-0.25, -0.2) is 8.42 Å². The van der Waals surface area contributed by atoms with Gasteiger partial charge in [-0.15, -0.1) is 0 Å². The number of hydrogen-bond acceptors (Lipinski definition) is 6. The van der Waals surface area contributed by atoms with Crippen LogP contribution in [0, 0.1) is 0 Å². The fraction of sp³-hybridized carbons (Fsp3) is 0.333. The molecule has 90 valence electrons. The molecule has 7 heteroatoms. The Morgan fingerprint density at radius 2 is 2.06 bits per heavy atom. The van der Waals surface area contributed by atoms with Gasteiger partial charge in [0.15, 0.2) is 0 Å². The summed E-state index contributed by atoms with van der Waals surface area (Å²) in [5, 5.41) is 0. The number of benzene rings is 1. The Morgan fingerprint density at radius 3 is 2.62 bits per heavy atom. The van der Waals surface area contributed by atoms with Crippen molar-refractivity contribution in [3.8, 4) is 5.75 Å². The van der Waals surface area contributed by atoms with E-state index in [0.717, 1.165) is 6.07 Å². The highest BCUT2D eigenvalue weighted by Crippen LogP contribution is 2.25. The molecule has 0 heterocycles. The van der Waals surface area contributed by atoms with Crippen LogP contribution >= 0.6 is 0 Å². The third-order valence-corrected chi connectivity index (χ3v) is 2.64. The fourth-order valence-electron chi connectivity index (χ4n) is 1.07. The quantitative estimate of drug-likeness (QED) is 0.452. The third kappa shape index (κ3) is 3.37. The van der Waals surface area contributed by atoms with Gasteiger partial charge in [0.05, 0.1) is 11.5 Å². The molecule has 16 heavy (non-hydrogen) atoms. The lowest BCUT2D eigenvalue weighted by Crippen LogP contribution is -2.09. The first kappa shape index (κ1) is 12.8. The maximum absolute atomic E-state index is 10.9. The van der Waals surface area contributed by atoms with Crippen LogP contribution in [0.3, 0.4) is 0 Å². The molecule has 0 fully saturated rings. The number of ether oxygens (including phenoxy) is 2. The van der Waals surface area contributed by atoms with E-state index in [-0.39, 0.29) is 18.0 Å². The van der Waals surface area contributed by atoms with E-state index in [9.17, 15) is 13.0 Å². The molecule has 1 aromatic carbocycles. The van der Waals surface area contributed by atoms with Gasteiger partial charge in [-0.1, -0.05) is 0 Å². The first-order valence-electron chi connectivity index (χ1n) is 4.42. The van der Waals surface area contributed by atoms with Crippen LogP contribution in [-0.2, 0) is 14.9 Å². The molecule has 6 nitrogen and oxygen atoms in total. The Hall–Kier alpha value is -1.31. The highest BCUT2D eigenvalue weighted by Gasteiger charge is 2.10. The molecule has 1 aromatic rings. The van der Waals surface area contributed by atoms with E-state index in [1.54, 1.807) is 0 Å². The van der Waals surface area contributed by atoms with E-state index >= 15 is 0 Å². The van der Waals surface area contributed by atoms with Gasteiger partial charge >= 0.3 is 0 Å². The van der Waals surface area contributed by atoms with E-state index in [1.165, 1.54) is 19.2 Å². The van der Waals surface area contributed by atoms with Crippen molar-refractivity contribution in [2.75, 3.05) is 26.1 Å². The molecule has 0 bridgehead atoms. The Balaban J connectivity index is 2.99. The number of anilines is 1. The van der Waals surface area contributed by atoms with Gasteiger partial charge in [0.1, 0.15) is 22.5 Å². The molecule has 0 saturated carbocycles. The van der Waals surface area contributed by atoms with Crippen LogP contribution in [-0.4, -0.2) is 33.3 Å². The van der Waals surface area contributed by atoms with Crippen molar-refractivity contribution in [2.24, 2.45) is 0 Å². The minimum absolute atomic E-state index is 0.0127. The maximum atomic E-state index is 10.9. The van der Waals surface area contributed by atoms with Crippen molar-refractivity contribution in [3.63, 3.8) is 0 Å². The summed E-state index contributed by atoms with van der Waals surface area (Å²) < 4.78 is 42.6. The highest BCUT2D eigenvalue weighted by atomic mass is 32.2. The van der Waals surface area contributed by atoms with E-state index in [0.29, 0.717) is 6.61 Å². The topological polar surface area (TPSA) is 102 Å². The number of methoxy groups -OCH3 is 1. The maximum Gasteiger partial charge on any atom is 0.137 e. The molecule has 0 amide bonds. The molecule has 0 saturated heterocycles. The minimum atomic E-state index is -4.59. The SMILES string of the molecule is COCCOc1ccc(N)cc1S(=O)(=O)[O-]. The van der Waals surface area contributed by atoms with Crippen LogP contribution in [0.5, 0.6) is 5.75 Å². The van der Waals surface area contributed by atoms with Crippen LogP contribution in [0.15, 0.2) is 23.1 Å². The van der Waals surface area contributed by atoms with Crippen molar-refractivity contribution in [3.05, 3.63) is 18.2 Å². The largest absolute Gasteiger partial charge is 0.744 e. The van der Waals surface area contributed by atoms with Crippen molar-refractivity contribution < 1.29 is 22.4 Å². The summed E-state index contributed by atoms with van der Waals surface area (Å²) in [5.74, 6) is -0.0127. The summed E-state index contributed by atoms with van der Waals surface area (Å²) in [6.07, 6.45) is 0. The standard InChI is InChI=1S/C9H13NO5S/c1-14-4-5-15-8-3-2-7(10)6-9(8)16(11,12)13/h2-3,6H,4-5,10H2,1H3,(H,11,12,13)/p-1. The second-order valence-corrected chi connectivity index (χ2v) is 4.35.